The van der Waals surface area contributed by atoms with Crippen molar-refractivity contribution in [2.24, 2.45) is 5.92 Å². The van der Waals surface area contributed by atoms with Gasteiger partial charge in [0.2, 0.25) is 0 Å². The van der Waals surface area contributed by atoms with Crippen LogP contribution < -0.4 is 10.6 Å². The fourth-order valence-electron chi connectivity index (χ4n) is 4.61. The van der Waals surface area contributed by atoms with Crippen molar-refractivity contribution in [3.63, 3.8) is 0 Å². The van der Waals surface area contributed by atoms with Gasteiger partial charge in [0.25, 0.3) is 0 Å². The zero-order chi connectivity index (χ0) is 17.8. The van der Waals surface area contributed by atoms with E-state index in [1.807, 2.05) is 0 Å². The molecule has 3 atom stereocenters. The minimum Gasteiger partial charge on any atom is -0.360 e. The number of benzene rings is 1. The van der Waals surface area contributed by atoms with Crippen molar-refractivity contribution in [3.05, 3.63) is 29.8 Å². The van der Waals surface area contributed by atoms with Gasteiger partial charge in [-0.2, -0.15) is 0 Å². The number of rotatable bonds is 5. The van der Waals surface area contributed by atoms with Crippen molar-refractivity contribution in [1.29, 1.82) is 0 Å². The van der Waals surface area contributed by atoms with Crippen molar-refractivity contribution in [2.75, 3.05) is 11.9 Å². The molecule has 2 bridgehead atoms. The standard InChI is InChI=1S/C21H33N3S/c1-4-16-8-5-6-11-20(16)23-21(25)22-17-12-18-9-7-10-19(13-17)24(18)14-15(2)3/h5-6,8,11,15,17-19H,4,7,9-10,12-14H2,1-3H3,(H2,22,23,25)/t17?,18-,19+. The Morgan fingerprint density at radius 2 is 1.88 bits per heavy atom. The maximum atomic E-state index is 5.62. The molecule has 0 saturated carbocycles. The van der Waals surface area contributed by atoms with E-state index in [0.29, 0.717) is 6.04 Å². The Balaban J connectivity index is 1.58. The van der Waals surface area contributed by atoms with Gasteiger partial charge in [-0.1, -0.05) is 45.4 Å². The number of hydrogen-bond donors (Lipinski definition) is 2. The molecule has 2 N–H and O–H groups in total. The molecule has 0 spiro atoms. The van der Waals surface area contributed by atoms with E-state index in [-0.39, 0.29) is 0 Å². The molecule has 2 aliphatic heterocycles. The van der Waals surface area contributed by atoms with Crippen LogP contribution in [-0.2, 0) is 6.42 Å². The Hall–Kier alpha value is -1.13. The number of nitrogens with zero attached hydrogens (tertiary/aromatic N) is 1. The van der Waals surface area contributed by atoms with E-state index in [2.05, 4.69) is 60.6 Å². The van der Waals surface area contributed by atoms with Crippen molar-refractivity contribution >= 4 is 23.0 Å². The topological polar surface area (TPSA) is 27.3 Å². The molecule has 2 heterocycles. The van der Waals surface area contributed by atoms with Gasteiger partial charge < -0.3 is 10.6 Å². The Morgan fingerprint density at radius 3 is 2.52 bits per heavy atom. The SMILES string of the molecule is CCc1ccccc1NC(=S)NC1C[C@H]2CCC[C@@H](C1)N2CC(C)C. The number of hydrogen-bond acceptors (Lipinski definition) is 2. The maximum Gasteiger partial charge on any atom is 0.171 e. The number of thiocarbonyl (C=S) groups is 1. The average Bonchev–Trinajstić information content (AvgIpc) is 2.55. The Labute approximate surface area is 158 Å². The monoisotopic (exact) mass is 359 g/mol. The zero-order valence-electron chi connectivity index (χ0n) is 15.9. The van der Waals surface area contributed by atoms with E-state index in [4.69, 9.17) is 12.2 Å². The molecule has 2 aliphatic rings. The van der Waals surface area contributed by atoms with Crippen LogP contribution in [0.15, 0.2) is 24.3 Å². The van der Waals surface area contributed by atoms with E-state index in [9.17, 15) is 0 Å². The van der Waals surface area contributed by atoms with Crippen molar-refractivity contribution < 1.29 is 0 Å². The lowest BCUT2D eigenvalue weighted by molar-refractivity contribution is 0.0191. The third kappa shape index (κ3) is 4.73. The summed E-state index contributed by atoms with van der Waals surface area (Å²) in [6, 6.07) is 10.4. The molecule has 1 aromatic rings. The van der Waals surface area contributed by atoms with Crippen LogP contribution >= 0.6 is 12.2 Å². The Bertz CT molecular complexity index is 572. The molecule has 0 radical (unpaired) electrons. The summed E-state index contributed by atoms with van der Waals surface area (Å²) in [4.78, 5) is 2.79. The highest BCUT2D eigenvalue weighted by Crippen LogP contribution is 2.34. The molecule has 1 unspecified atom stereocenters. The summed E-state index contributed by atoms with van der Waals surface area (Å²) in [7, 11) is 0. The zero-order valence-corrected chi connectivity index (χ0v) is 16.7. The second-order valence-corrected chi connectivity index (χ2v) is 8.51. The van der Waals surface area contributed by atoms with Crippen LogP contribution in [0.3, 0.4) is 0 Å². The molecular weight excluding hydrogens is 326 g/mol. The first-order valence-corrected chi connectivity index (χ1v) is 10.4. The summed E-state index contributed by atoms with van der Waals surface area (Å²) in [5.74, 6) is 0.751. The molecule has 2 fully saturated rings. The molecule has 3 rings (SSSR count). The Morgan fingerprint density at radius 1 is 1.20 bits per heavy atom. The first kappa shape index (κ1) is 18.7. The van der Waals surface area contributed by atoms with Crippen molar-refractivity contribution in [3.8, 4) is 0 Å². The van der Waals surface area contributed by atoms with Crippen LogP contribution in [0.1, 0.15) is 58.4 Å². The fourth-order valence-corrected chi connectivity index (χ4v) is 4.89. The highest BCUT2D eigenvalue weighted by atomic mass is 32.1. The highest BCUT2D eigenvalue weighted by molar-refractivity contribution is 7.80. The van der Waals surface area contributed by atoms with Gasteiger partial charge in [0.1, 0.15) is 0 Å². The lowest BCUT2D eigenvalue weighted by Gasteiger charge is -2.49. The maximum absolute atomic E-state index is 5.62. The molecule has 4 heteroatoms. The van der Waals surface area contributed by atoms with Crippen molar-refractivity contribution in [2.45, 2.75) is 77.4 Å². The van der Waals surface area contributed by atoms with E-state index in [1.165, 1.54) is 44.2 Å². The quantitative estimate of drug-likeness (QED) is 0.753. The van der Waals surface area contributed by atoms with Crippen molar-refractivity contribution in [1.82, 2.24) is 10.2 Å². The Kier molecular flexibility index (Phi) is 6.34. The van der Waals surface area contributed by atoms with Crippen LogP contribution in [0, 0.1) is 5.92 Å². The average molecular weight is 360 g/mol. The number of para-hydroxylation sites is 1. The minimum absolute atomic E-state index is 0.507. The number of piperidine rings is 2. The number of anilines is 1. The summed E-state index contributed by atoms with van der Waals surface area (Å²) in [6.45, 7) is 8.10. The van der Waals surface area contributed by atoms with Gasteiger partial charge >= 0.3 is 0 Å². The normalized spacial score (nSPS) is 26.5. The first-order valence-electron chi connectivity index (χ1n) is 9.98. The summed E-state index contributed by atoms with van der Waals surface area (Å²) in [6.07, 6.45) is 7.55. The molecule has 138 valence electrons. The number of fused-ring (bicyclic) bond motifs is 2. The van der Waals surface area contributed by atoms with Crippen LogP contribution in [0.4, 0.5) is 5.69 Å². The molecule has 0 aliphatic carbocycles. The largest absolute Gasteiger partial charge is 0.360 e. The second kappa shape index (κ2) is 8.50. The smallest absolute Gasteiger partial charge is 0.171 e. The predicted molar refractivity (Wildman–Crippen MR) is 111 cm³/mol. The van der Waals surface area contributed by atoms with Gasteiger partial charge in [0.15, 0.2) is 5.11 Å². The van der Waals surface area contributed by atoms with Crippen LogP contribution in [0.5, 0.6) is 0 Å². The van der Waals surface area contributed by atoms with Gasteiger partial charge in [-0.05, 0) is 61.9 Å². The van der Waals surface area contributed by atoms with E-state index < -0.39 is 0 Å². The lowest BCUT2D eigenvalue weighted by Crippen LogP contribution is -2.58. The van der Waals surface area contributed by atoms with Gasteiger partial charge in [-0.15, -0.1) is 0 Å². The van der Waals surface area contributed by atoms with Gasteiger partial charge in [0, 0.05) is 30.4 Å². The summed E-state index contributed by atoms with van der Waals surface area (Å²) in [5, 5.41) is 7.82. The summed E-state index contributed by atoms with van der Waals surface area (Å²) in [5.41, 5.74) is 2.45. The fraction of sp³-hybridized carbons (Fsp3) is 0.667. The third-order valence-electron chi connectivity index (χ3n) is 5.68. The van der Waals surface area contributed by atoms with Gasteiger partial charge in [0.05, 0.1) is 0 Å². The highest BCUT2D eigenvalue weighted by Gasteiger charge is 2.38. The molecular formula is C21H33N3S. The van der Waals surface area contributed by atoms with E-state index >= 15 is 0 Å². The number of aryl methyl sites for hydroxylation is 1. The molecule has 1 aromatic carbocycles. The van der Waals surface area contributed by atoms with Crippen LogP contribution in [0.25, 0.3) is 0 Å². The van der Waals surface area contributed by atoms with Crippen LogP contribution in [0.2, 0.25) is 0 Å². The molecule has 3 nitrogen and oxygen atoms in total. The molecule has 0 aromatic heterocycles. The third-order valence-corrected chi connectivity index (χ3v) is 5.90. The van der Waals surface area contributed by atoms with Crippen LogP contribution in [-0.4, -0.2) is 34.7 Å². The predicted octanol–water partition coefficient (Wildman–Crippen LogP) is 4.58. The van der Waals surface area contributed by atoms with Gasteiger partial charge in [-0.25, -0.2) is 0 Å². The molecule has 2 saturated heterocycles. The van der Waals surface area contributed by atoms with E-state index in [1.54, 1.807) is 0 Å². The first-order chi connectivity index (χ1) is 12.1. The van der Waals surface area contributed by atoms with Gasteiger partial charge in [-0.3, -0.25) is 4.90 Å². The van der Waals surface area contributed by atoms with E-state index in [0.717, 1.165) is 35.2 Å². The summed E-state index contributed by atoms with van der Waals surface area (Å²) < 4.78 is 0. The minimum atomic E-state index is 0.507. The summed E-state index contributed by atoms with van der Waals surface area (Å²) >= 11 is 5.62. The molecule has 25 heavy (non-hydrogen) atoms. The second-order valence-electron chi connectivity index (χ2n) is 8.11. The number of nitrogens with one attached hydrogen (secondary N) is 2. The lowest BCUT2D eigenvalue weighted by atomic mass is 9.81. The molecule has 0 amide bonds.